The van der Waals surface area contributed by atoms with E-state index in [1.165, 1.54) is 19.3 Å². The van der Waals surface area contributed by atoms with Crippen LogP contribution in [0, 0.1) is 0 Å². The van der Waals surface area contributed by atoms with Gasteiger partial charge in [0.15, 0.2) is 0 Å². The van der Waals surface area contributed by atoms with Gasteiger partial charge in [-0.3, -0.25) is 0 Å². The Kier molecular flexibility index (Phi) is 8.94. The molecule has 12 heavy (non-hydrogen) atoms. The topological polar surface area (TPSA) is 0 Å². The van der Waals surface area contributed by atoms with E-state index in [0.29, 0.717) is 5.25 Å². The van der Waals surface area contributed by atoms with Crippen LogP contribution in [-0.2, 0) is 0 Å². The Morgan fingerprint density at radius 2 is 1.83 bits per heavy atom. The zero-order valence-electron chi connectivity index (χ0n) is 7.32. The average molecular weight is 222 g/mol. The van der Waals surface area contributed by atoms with E-state index in [-0.39, 0.29) is 5.25 Å². The average Bonchev–Trinajstić information content (AvgIpc) is 2.10. The van der Waals surface area contributed by atoms with E-state index >= 15 is 0 Å². The molecule has 0 aromatic heterocycles. The van der Waals surface area contributed by atoms with Gasteiger partial charge in [0.2, 0.25) is 0 Å². The zero-order chi connectivity index (χ0) is 9.40. The Morgan fingerprint density at radius 3 is 2.33 bits per heavy atom. The number of unbranched alkanes of at least 4 members (excludes halogenated alkanes) is 2. The van der Waals surface area contributed by atoms with Crippen LogP contribution in [0.25, 0.3) is 0 Å². The molecule has 0 aromatic rings. The fourth-order valence-corrected chi connectivity index (χ4v) is 1.65. The lowest BCUT2D eigenvalue weighted by atomic mass is 10.1. The molecular formula is C9H18S3. The molecule has 2 atom stereocenters. The largest absolute Gasteiger partial charge is 0.179 e. The van der Waals surface area contributed by atoms with Crippen LogP contribution < -0.4 is 0 Å². The number of hydrogen-bond donors (Lipinski definition) is 3. The summed E-state index contributed by atoms with van der Waals surface area (Å²) >= 11 is 12.9. The van der Waals surface area contributed by atoms with Crippen LogP contribution in [0.3, 0.4) is 0 Å². The van der Waals surface area contributed by atoms with Crippen molar-refractivity contribution >= 4 is 37.9 Å². The summed E-state index contributed by atoms with van der Waals surface area (Å²) in [6.45, 7) is 3.69. The smallest absolute Gasteiger partial charge is 0.0310 e. The quantitative estimate of drug-likeness (QED) is 0.329. The molecule has 0 N–H and O–H groups in total. The molecule has 2 unspecified atom stereocenters. The summed E-state index contributed by atoms with van der Waals surface area (Å²) in [5.41, 5.74) is 0. The Morgan fingerprint density at radius 1 is 1.17 bits per heavy atom. The Bertz CT molecular complexity index is 114. The maximum atomic E-state index is 4.44. The summed E-state index contributed by atoms with van der Waals surface area (Å²) in [4.78, 5) is 0. The molecule has 0 radical (unpaired) electrons. The van der Waals surface area contributed by atoms with Gasteiger partial charge in [-0.15, -0.1) is 6.58 Å². The normalized spacial score (nSPS) is 15.6. The van der Waals surface area contributed by atoms with Crippen molar-refractivity contribution in [2.45, 2.75) is 36.2 Å². The molecule has 0 aromatic carbocycles. The molecule has 72 valence electrons. The van der Waals surface area contributed by atoms with E-state index in [2.05, 4.69) is 44.5 Å². The highest BCUT2D eigenvalue weighted by molar-refractivity contribution is 7.85. The molecule has 0 aliphatic heterocycles. The maximum absolute atomic E-state index is 4.44. The lowest BCUT2D eigenvalue weighted by Crippen LogP contribution is -2.11. The molecule has 0 nitrogen and oxygen atoms in total. The van der Waals surface area contributed by atoms with Gasteiger partial charge in [-0.2, -0.15) is 37.9 Å². The maximum Gasteiger partial charge on any atom is 0.0310 e. The van der Waals surface area contributed by atoms with Crippen LogP contribution in [0.4, 0.5) is 0 Å². The van der Waals surface area contributed by atoms with E-state index in [1.807, 2.05) is 6.08 Å². The minimum Gasteiger partial charge on any atom is -0.179 e. The van der Waals surface area contributed by atoms with Gasteiger partial charge in [-0.1, -0.05) is 18.9 Å². The van der Waals surface area contributed by atoms with Crippen molar-refractivity contribution in [2.75, 3.05) is 5.75 Å². The van der Waals surface area contributed by atoms with Crippen LogP contribution in [0.1, 0.15) is 25.7 Å². The molecule has 0 bridgehead atoms. The van der Waals surface area contributed by atoms with E-state index in [1.54, 1.807) is 0 Å². The lowest BCUT2D eigenvalue weighted by Gasteiger charge is -2.13. The van der Waals surface area contributed by atoms with Gasteiger partial charge in [-0.05, 0) is 18.6 Å². The summed E-state index contributed by atoms with van der Waals surface area (Å²) in [6, 6.07) is 0. The minimum absolute atomic E-state index is 0.226. The number of rotatable bonds is 7. The third kappa shape index (κ3) is 6.32. The SMILES string of the molecule is C=CC(S)C(S)CCCCCS. The second-order valence-corrected chi connectivity index (χ2v) is 4.57. The summed E-state index contributed by atoms with van der Waals surface area (Å²) < 4.78 is 0. The Hall–Kier alpha value is 0.790. The summed E-state index contributed by atoms with van der Waals surface area (Å²) in [5, 5.41) is 0.579. The van der Waals surface area contributed by atoms with Crippen molar-refractivity contribution in [3.05, 3.63) is 12.7 Å². The van der Waals surface area contributed by atoms with Gasteiger partial charge in [-0.25, -0.2) is 0 Å². The Labute approximate surface area is 92.4 Å². The molecule has 0 saturated heterocycles. The zero-order valence-corrected chi connectivity index (χ0v) is 10.00. The summed E-state index contributed by atoms with van der Waals surface area (Å²) in [7, 11) is 0. The highest BCUT2D eigenvalue weighted by atomic mass is 32.1. The van der Waals surface area contributed by atoms with Crippen molar-refractivity contribution < 1.29 is 0 Å². The molecule has 0 saturated carbocycles. The van der Waals surface area contributed by atoms with Gasteiger partial charge < -0.3 is 0 Å². The molecule has 0 rings (SSSR count). The fraction of sp³-hybridized carbons (Fsp3) is 0.778. The first-order valence-electron chi connectivity index (χ1n) is 4.32. The van der Waals surface area contributed by atoms with Crippen molar-refractivity contribution in [2.24, 2.45) is 0 Å². The number of hydrogen-bond acceptors (Lipinski definition) is 3. The van der Waals surface area contributed by atoms with Gasteiger partial charge >= 0.3 is 0 Å². The van der Waals surface area contributed by atoms with Gasteiger partial charge in [0.25, 0.3) is 0 Å². The fourth-order valence-electron chi connectivity index (χ4n) is 0.970. The summed E-state index contributed by atoms with van der Waals surface area (Å²) in [6.07, 6.45) is 6.64. The van der Waals surface area contributed by atoms with Crippen molar-refractivity contribution in [3.8, 4) is 0 Å². The van der Waals surface area contributed by atoms with E-state index < -0.39 is 0 Å². The van der Waals surface area contributed by atoms with Crippen LogP contribution >= 0.6 is 37.9 Å². The molecule has 0 fully saturated rings. The second-order valence-electron chi connectivity index (χ2n) is 2.87. The van der Waals surface area contributed by atoms with Crippen molar-refractivity contribution in [3.63, 3.8) is 0 Å². The highest BCUT2D eigenvalue weighted by Crippen LogP contribution is 2.17. The van der Waals surface area contributed by atoms with Gasteiger partial charge in [0.05, 0.1) is 0 Å². The van der Waals surface area contributed by atoms with E-state index in [9.17, 15) is 0 Å². The summed E-state index contributed by atoms with van der Waals surface area (Å²) in [5.74, 6) is 0.989. The lowest BCUT2D eigenvalue weighted by molar-refractivity contribution is 0.658. The molecular weight excluding hydrogens is 204 g/mol. The molecule has 3 heteroatoms. The first-order chi connectivity index (χ1) is 5.72. The minimum atomic E-state index is 0.226. The highest BCUT2D eigenvalue weighted by Gasteiger charge is 2.09. The van der Waals surface area contributed by atoms with Crippen LogP contribution in [0.15, 0.2) is 12.7 Å². The second kappa shape index (κ2) is 8.39. The molecule has 0 aliphatic carbocycles. The first kappa shape index (κ1) is 12.8. The van der Waals surface area contributed by atoms with Gasteiger partial charge in [0, 0.05) is 10.5 Å². The number of thiol groups is 3. The van der Waals surface area contributed by atoms with E-state index in [4.69, 9.17) is 0 Å². The van der Waals surface area contributed by atoms with Crippen molar-refractivity contribution in [1.29, 1.82) is 0 Å². The van der Waals surface area contributed by atoms with Crippen molar-refractivity contribution in [1.82, 2.24) is 0 Å². The molecule has 0 spiro atoms. The van der Waals surface area contributed by atoms with Crippen LogP contribution in [0.5, 0.6) is 0 Å². The predicted octanol–water partition coefficient (Wildman–Crippen LogP) is 3.26. The Balaban J connectivity index is 3.30. The standard InChI is InChI=1S/C9H18S3/c1-2-8(11)9(12)6-4-3-5-7-10/h2,8-12H,1,3-7H2. The molecule has 0 amide bonds. The van der Waals surface area contributed by atoms with Crippen LogP contribution in [0.2, 0.25) is 0 Å². The first-order valence-corrected chi connectivity index (χ1v) is 5.98. The van der Waals surface area contributed by atoms with Gasteiger partial charge in [0.1, 0.15) is 0 Å². The third-order valence-corrected chi connectivity index (χ3v) is 3.50. The molecule has 0 aliphatic rings. The molecule has 0 heterocycles. The van der Waals surface area contributed by atoms with Crippen LogP contribution in [-0.4, -0.2) is 16.3 Å². The van der Waals surface area contributed by atoms with E-state index in [0.717, 1.165) is 12.2 Å². The predicted molar refractivity (Wildman–Crippen MR) is 68.1 cm³/mol. The third-order valence-electron chi connectivity index (χ3n) is 1.79. The monoisotopic (exact) mass is 222 g/mol.